The Bertz CT molecular complexity index is 159. The van der Waals surface area contributed by atoms with Crippen molar-refractivity contribution in [3.8, 4) is 0 Å². The maximum Gasteiger partial charge on any atom is 0.317 e. The van der Waals surface area contributed by atoms with Crippen molar-refractivity contribution < 1.29 is 4.79 Å². The Morgan fingerprint density at radius 3 is 2.07 bits per heavy atom. The van der Waals surface area contributed by atoms with Crippen molar-refractivity contribution >= 4 is 6.03 Å². The third-order valence-electron chi connectivity index (χ3n) is 2.15. The fraction of sp³-hybridized carbons (Fsp3) is 0.909. The highest BCUT2D eigenvalue weighted by atomic mass is 16.2. The number of amides is 2. The molecule has 0 spiro atoms. The molecular weight excluding hydrogens is 176 g/mol. The van der Waals surface area contributed by atoms with Gasteiger partial charge in [0.15, 0.2) is 0 Å². The minimum Gasteiger partial charge on any atom is -0.338 e. The molecule has 0 aliphatic rings. The molecule has 0 aromatic carbocycles. The lowest BCUT2D eigenvalue weighted by Gasteiger charge is -2.30. The van der Waals surface area contributed by atoms with Gasteiger partial charge in [-0.15, -0.1) is 0 Å². The molecule has 14 heavy (non-hydrogen) atoms. The topological polar surface area (TPSA) is 32.3 Å². The summed E-state index contributed by atoms with van der Waals surface area (Å²) in [5, 5.41) is 2.93. The number of carbonyl (C=O) groups is 1. The zero-order valence-electron chi connectivity index (χ0n) is 10.1. The smallest absolute Gasteiger partial charge is 0.317 e. The molecule has 0 radical (unpaired) electrons. The van der Waals surface area contributed by atoms with Gasteiger partial charge in [0.2, 0.25) is 0 Å². The fourth-order valence-electron chi connectivity index (χ4n) is 1.53. The van der Waals surface area contributed by atoms with Gasteiger partial charge in [-0.25, -0.2) is 4.79 Å². The first kappa shape index (κ1) is 13.3. The predicted molar refractivity (Wildman–Crippen MR) is 60.4 cm³/mol. The summed E-state index contributed by atoms with van der Waals surface area (Å²) in [6.07, 6.45) is 2.17. The minimum atomic E-state index is 0.0588. The van der Waals surface area contributed by atoms with E-state index in [1.165, 1.54) is 0 Å². The van der Waals surface area contributed by atoms with Crippen LogP contribution in [0, 0.1) is 0 Å². The lowest BCUT2D eigenvalue weighted by molar-refractivity contribution is 0.165. The first-order chi connectivity index (χ1) is 6.50. The van der Waals surface area contributed by atoms with Gasteiger partial charge in [0.1, 0.15) is 0 Å². The van der Waals surface area contributed by atoms with Crippen molar-refractivity contribution in [2.75, 3.05) is 6.54 Å². The number of unbranched alkanes of at least 4 members (excludes halogenated alkanes) is 1. The molecule has 0 unspecified atom stereocenters. The van der Waals surface area contributed by atoms with E-state index in [0.717, 1.165) is 19.4 Å². The van der Waals surface area contributed by atoms with E-state index in [2.05, 4.69) is 12.2 Å². The number of hydrogen-bond acceptors (Lipinski definition) is 1. The molecule has 0 bridgehead atoms. The molecule has 3 heteroatoms. The van der Waals surface area contributed by atoms with Gasteiger partial charge in [0.25, 0.3) is 0 Å². The van der Waals surface area contributed by atoms with E-state index in [0.29, 0.717) is 0 Å². The average molecular weight is 200 g/mol. The Labute approximate surface area is 87.9 Å². The van der Waals surface area contributed by atoms with Gasteiger partial charge in [-0.05, 0) is 34.1 Å². The lowest BCUT2D eigenvalue weighted by Crippen LogP contribution is -2.47. The summed E-state index contributed by atoms with van der Waals surface area (Å²) >= 11 is 0. The highest BCUT2D eigenvalue weighted by Gasteiger charge is 2.18. The van der Waals surface area contributed by atoms with Crippen LogP contribution in [0.3, 0.4) is 0 Å². The summed E-state index contributed by atoms with van der Waals surface area (Å²) in [5.41, 5.74) is 0. The van der Waals surface area contributed by atoms with Crippen LogP contribution in [0.1, 0.15) is 47.5 Å². The standard InChI is InChI=1S/C11H24N2O/c1-6-7-8-12-11(14)13(9(2)3)10(4)5/h9-10H,6-8H2,1-5H3,(H,12,14). The molecular formula is C11H24N2O. The molecule has 0 aromatic heterocycles. The average Bonchev–Trinajstić information content (AvgIpc) is 2.03. The van der Waals surface area contributed by atoms with Crippen LogP contribution in [-0.4, -0.2) is 29.6 Å². The number of carbonyl (C=O) groups excluding carboxylic acids is 1. The van der Waals surface area contributed by atoms with E-state index in [4.69, 9.17) is 0 Å². The summed E-state index contributed by atoms with van der Waals surface area (Å²) in [6.45, 7) is 11.1. The van der Waals surface area contributed by atoms with Crippen LogP contribution in [0.25, 0.3) is 0 Å². The van der Waals surface area contributed by atoms with Gasteiger partial charge in [0.05, 0.1) is 0 Å². The second-order valence-electron chi connectivity index (χ2n) is 4.18. The van der Waals surface area contributed by atoms with E-state index in [-0.39, 0.29) is 18.1 Å². The maximum absolute atomic E-state index is 11.7. The zero-order chi connectivity index (χ0) is 11.1. The Kier molecular flexibility index (Phi) is 6.34. The summed E-state index contributed by atoms with van der Waals surface area (Å²) in [5.74, 6) is 0. The summed E-state index contributed by atoms with van der Waals surface area (Å²) in [4.78, 5) is 13.6. The third-order valence-corrected chi connectivity index (χ3v) is 2.15. The largest absolute Gasteiger partial charge is 0.338 e. The second-order valence-corrected chi connectivity index (χ2v) is 4.18. The molecule has 0 fully saturated rings. The molecule has 0 aromatic rings. The molecule has 0 atom stereocenters. The van der Waals surface area contributed by atoms with Crippen molar-refractivity contribution in [1.29, 1.82) is 0 Å². The van der Waals surface area contributed by atoms with Gasteiger partial charge >= 0.3 is 6.03 Å². The lowest BCUT2D eigenvalue weighted by atomic mass is 10.2. The maximum atomic E-state index is 11.7. The third kappa shape index (κ3) is 4.49. The SMILES string of the molecule is CCCCNC(=O)N(C(C)C)C(C)C. The van der Waals surface area contributed by atoms with Crippen molar-refractivity contribution in [2.24, 2.45) is 0 Å². The highest BCUT2D eigenvalue weighted by molar-refractivity contribution is 5.74. The van der Waals surface area contributed by atoms with Gasteiger partial charge in [-0.1, -0.05) is 13.3 Å². The van der Waals surface area contributed by atoms with E-state index in [1.54, 1.807) is 0 Å². The van der Waals surface area contributed by atoms with Gasteiger partial charge in [0, 0.05) is 18.6 Å². The molecule has 3 nitrogen and oxygen atoms in total. The minimum absolute atomic E-state index is 0.0588. The molecule has 1 N–H and O–H groups in total. The van der Waals surface area contributed by atoms with E-state index < -0.39 is 0 Å². The molecule has 0 saturated heterocycles. The van der Waals surface area contributed by atoms with Crippen LogP contribution in [0.5, 0.6) is 0 Å². The fourth-order valence-corrected chi connectivity index (χ4v) is 1.53. The molecule has 2 amide bonds. The van der Waals surface area contributed by atoms with Gasteiger partial charge in [-0.2, -0.15) is 0 Å². The van der Waals surface area contributed by atoms with Crippen LogP contribution in [0.4, 0.5) is 4.79 Å². The second kappa shape index (κ2) is 6.68. The monoisotopic (exact) mass is 200 g/mol. The van der Waals surface area contributed by atoms with Crippen molar-refractivity contribution in [1.82, 2.24) is 10.2 Å². The molecule has 0 saturated carbocycles. The van der Waals surface area contributed by atoms with E-state index >= 15 is 0 Å². The number of nitrogens with zero attached hydrogens (tertiary/aromatic N) is 1. The number of nitrogens with one attached hydrogen (secondary N) is 1. The van der Waals surface area contributed by atoms with Crippen LogP contribution in [0.2, 0.25) is 0 Å². The van der Waals surface area contributed by atoms with Crippen LogP contribution < -0.4 is 5.32 Å². The summed E-state index contributed by atoms with van der Waals surface area (Å²) < 4.78 is 0. The van der Waals surface area contributed by atoms with Crippen LogP contribution in [0.15, 0.2) is 0 Å². The molecule has 0 aliphatic carbocycles. The van der Waals surface area contributed by atoms with Crippen molar-refractivity contribution in [3.05, 3.63) is 0 Å². The highest BCUT2D eigenvalue weighted by Crippen LogP contribution is 2.04. The molecule has 84 valence electrons. The Morgan fingerprint density at radius 2 is 1.71 bits per heavy atom. The first-order valence-corrected chi connectivity index (χ1v) is 5.56. The summed E-state index contributed by atoms with van der Waals surface area (Å²) in [7, 11) is 0. The number of urea groups is 1. The quantitative estimate of drug-likeness (QED) is 0.680. The molecule has 0 heterocycles. The normalized spacial score (nSPS) is 10.8. The zero-order valence-corrected chi connectivity index (χ0v) is 10.1. The Morgan fingerprint density at radius 1 is 1.21 bits per heavy atom. The van der Waals surface area contributed by atoms with Gasteiger partial charge in [-0.3, -0.25) is 0 Å². The summed E-state index contributed by atoms with van der Waals surface area (Å²) in [6, 6.07) is 0.580. The van der Waals surface area contributed by atoms with E-state index in [1.807, 2.05) is 32.6 Å². The first-order valence-electron chi connectivity index (χ1n) is 5.56. The van der Waals surface area contributed by atoms with Gasteiger partial charge < -0.3 is 10.2 Å². The number of hydrogen-bond donors (Lipinski definition) is 1. The predicted octanol–water partition coefficient (Wildman–Crippen LogP) is 2.61. The molecule has 0 aliphatic heterocycles. The van der Waals surface area contributed by atoms with Crippen LogP contribution >= 0.6 is 0 Å². The van der Waals surface area contributed by atoms with Crippen molar-refractivity contribution in [3.63, 3.8) is 0 Å². The van der Waals surface area contributed by atoms with E-state index in [9.17, 15) is 4.79 Å². The Balaban J connectivity index is 4.03. The number of rotatable bonds is 5. The van der Waals surface area contributed by atoms with Crippen LogP contribution in [-0.2, 0) is 0 Å². The molecule has 0 rings (SSSR count). The van der Waals surface area contributed by atoms with Crippen molar-refractivity contribution in [2.45, 2.75) is 59.5 Å². The Hall–Kier alpha value is -0.730.